The number of carbonyl (C=O) groups is 1. The third-order valence-electron chi connectivity index (χ3n) is 2.83. The second-order valence-electron chi connectivity index (χ2n) is 4.26. The fourth-order valence-electron chi connectivity index (χ4n) is 1.95. The fraction of sp³-hybridized carbons (Fsp3) is 0.0714. The number of carboxylic acid groups (broad SMARTS) is 1. The predicted molar refractivity (Wildman–Crippen MR) is 69.2 cm³/mol. The van der Waals surface area contributed by atoms with Gasteiger partial charge in [0, 0.05) is 25.0 Å². The summed E-state index contributed by atoms with van der Waals surface area (Å²) in [6.45, 7) is 0. The average Bonchev–Trinajstić information content (AvgIpc) is 2.83. The van der Waals surface area contributed by atoms with Crippen molar-refractivity contribution in [1.82, 2.24) is 14.4 Å². The van der Waals surface area contributed by atoms with E-state index in [1.165, 1.54) is 11.8 Å². The van der Waals surface area contributed by atoms with Crippen LogP contribution in [0.25, 0.3) is 5.78 Å². The zero-order valence-corrected chi connectivity index (χ0v) is 10.0. The lowest BCUT2D eigenvalue weighted by atomic mass is 10.1. The molecule has 0 spiro atoms. The van der Waals surface area contributed by atoms with E-state index in [0.29, 0.717) is 5.78 Å². The molecule has 19 heavy (non-hydrogen) atoms. The smallest absolute Gasteiger partial charge is 0.356 e. The van der Waals surface area contributed by atoms with E-state index in [2.05, 4.69) is 9.97 Å². The van der Waals surface area contributed by atoms with E-state index in [1.807, 2.05) is 36.5 Å². The average molecular weight is 253 g/mol. The number of nitrogens with zero attached hydrogens (tertiary/aromatic N) is 3. The Kier molecular flexibility index (Phi) is 2.72. The lowest BCUT2D eigenvalue weighted by Crippen LogP contribution is -1.95. The molecule has 0 saturated carbocycles. The first-order valence-corrected chi connectivity index (χ1v) is 5.83. The van der Waals surface area contributed by atoms with Crippen molar-refractivity contribution in [1.29, 1.82) is 0 Å². The number of hydrogen-bond acceptors (Lipinski definition) is 3. The Balaban J connectivity index is 1.95. The molecule has 0 aliphatic rings. The summed E-state index contributed by atoms with van der Waals surface area (Å²) < 4.78 is 1.64. The quantitative estimate of drug-likeness (QED) is 0.775. The summed E-state index contributed by atoms with van der Waals surface area (Å²) in [6.07, 6.45) is 5.80. The van der Waals surface area contributed by atoms with Crippen molar-refractivity contribution in [3.05, 3.63) is 65.7 Å². The van der Waals surface area contributed by atoms with Crippen LogP contribution >= 0.6 is 0 Å². The van der Waals surface area contributed by atoms with Crippen molar-refractivity contribution in [3.8, 4) is 0 Å². The van der Waals surface area contributed by atoms with Gasteiger partial charge in [0.15, 0.2) is 5.69 Å². The number of aromatic carboxylic acids is 1. The highest BCUT2D eigenvalue weighted by Gasteiger charge is 2.09. The minimum absolute atomic E-state index is 0.00404. The number of carboxylic acids is 1. The zero-order chi connectivity index (χ0) is 13.2. The minimum Gasteiger partial charge on any atom is -0.476 e. The number of rotatable bonds is 3. The Bertz CT molecular complexity index is 735. The molecule has 0 radical (unpaired) electrons. The van der Waals surface area contributed by atoms with Crippen LogP contribution in [0.3, 0.4) is 0 Å². The van der Waals surface area contributed by atoms with Crippen molar-refractivity contribution >= 4 is 11.7 Å². The maximum Gasteiger partial charge on any atom is 0.356 e. The third-order valence-corrected chi connectivity index (χ3v) is 2.83. The van der Waals surface area contributed by atoms with Crippen LogP contribution in [0.2, 0.25) is 0 Å². The van der Waals surface area contributed by atoms with Crippen LogP contribution in [0.4, 0.5) is 0 Å². The first kappa shape index (κ1) is 11.4. The van der Waals surface area contributed by atoms with E-state index in [9.17, 15) is 4.79 Å². The number of benzene rings is 1. The van der Waals surface area contributed by atoms with E-state index in [1.54, 1.807) is 10.6 Å². The maximum atomic E-state index is 10.8. The van der Waals surface area contributed by atoms with Crippen LogP contribution in [0, 0.1) is 0 Å². The van der Waals surface area contributed by atoms with E-state index in [0.717, 1.165) is 12.0 Å². The Morgan fingerprint density at radius 3 is 2.68 bits per heavy atom. The highest BCUT2D eigenvalue weighted by atomic mass is 16.4. The first-order valence-electron chi connectivity index (χ1n) is 5.83. The Hall–Kier alpha value is -2.69. The highest BCUT2D eigenvalue weighted by molar-refractivity contribution is 5.85. The number of hydrogen-bond donors (Lipinski definition) is 1. The van der Waals surface area contributed by atoms with Crippen LogP contribution in [0.15, 0.2) is 48.9 Å². The van der Waals surface area contributed by atoms with Gasteiger partial charge in [-0.25, -0.2) is 14.8 Å². The van der Waals surface area contributed by atoms with E-state index in [-0.39, 0.29) is 5.69 Å². The minimum atomic E-state index is -1.05. The van der Waals surface area contributed by atoms with Gasteiger partial charge in [-0.3, -0.25) is 4.40 Å². The Morgan fingerprint density at radius 2 is 1.95 bits per heavy atom. The van der Waals surface area contributed by atoms with Gasteiger partial charge in [-0.2, -0.15) is 0 Å². The fourth-order valence-corrected chi connectivity index (χ4v) is 1.95. The maximum absolute atomic E-state index is 10.8. The molecule has 5 heteroatoms. The van der Waals surface area contributed by atoms with Gasteiger partial charge in [0.25, 0.3) is 0 Å². The molecule has 0 atom stereocenters. The molecular formula is C14H11N3O2. The number of fused-ring (bicyclic) bond motifs is 1. The molecule has 0 saturated heterocycles. The van der Waals surface area contributed by atoms with E-state index in [4.69, 9.17) is 5.11 Å². The molecule has 94 valence electrons. The van der Waals surface area contributed by atoms with Gasteiger partial charge in [-0.1, -0.05) is 30.3 Å². The van der Waals surface area contributed by atoms with Gasteiger partial charge in [0.05, 0.1) is 0 Å². The molecule has 0 fully saturated rings. The summed E-state index contributed by atoms with van der Waals surface area (Å²) in [6, 6.07) is 10.0. The molecule has 0 aliphatic carbocycles. The highest BCUT2D eigenvalue weighted by Crippen LogP contribution is 2.10. The molecule has 0 amide bonds. The van der Waals surface area contributed by atoms with E-state index >= 15 is 0 Å². The van der Waals surface area contributed by atoms with Gasteiger partial charge >= 0.3 is 5.97 Å². The van der Waals surface area contributed by atoms with Crippen LogP contribution in [-0.2, 0) is 6.42 Å². The molecule has 0 unspecified atom stereocenters. The monoisotopic (exact) mass is 253 g/mol. The van der Waals surface area contributed by atoms with Crippen molar-refractivity contribution < 1.29 is 9.90 Å². The molecule has 0 bridgehead atoms. The predicted octanol–water partition coefficient (Wildman–Crippen LogP) is 2.02. The molecule has 3 aromatic rings. The van der Waals surface area contributed by atoms with Crippen molar-refractivity contribution in [2.24, 2.45) is 0 Å². The summed E-state index contributed by atoms with van der Waals surface area (Å²) in [5, 5.41) is 8.89. The molecule has 2 heterocycles. The summed E-state index contributed by atoms with van der Waals surface area (Å²) in [7, 11) is 0. The number of aromatic nitrogens is 3. The standard InChI is InChI=1S/C14H11N3O2/c18-13(19)12-9-17-8-11(7-15-14(17)16-12)6-10-4-2-1-3-5-10/h1-5,7-9H,6H2,(H,18,19). The van der Waals surface area contributed by atoms with Gasteiger partial charge < -0.3 is 5.11 Å². The van der Waals surface area contributed by atoms with Crippen molar-refractivity contribution in [2.45, 2.75) is 6.42 Å². The van der Waals surface area contributed by atoms with E-state index < -0.39 is 5.97 Å². The second kappa shape index (κ2) is 4.53. The van der Waals surface area contributed by atoms with Crippen LogP contribution in [0.1, 0.15) is 21.6 Å². The summed E-state index contributed by atoms with van der Waals surface area (Å²) in [4.78, 5) is 18.9. The Labute approximate surface area is 109 Å². The topological polar surface area (TPSA) is 67.5 Å². The molecule has 3 rings (SSSR count). The van der Waals surface area contributed by atoms with Gasteiger partial charge in [0.2, 0.25) is 5.78 Å². The SMILES string of the molecule is O=C(O)c1cn2cc(Cc3ccccc3)cnc2n1. The molecule has 5 nitrogen and oxygen atoms in total. The third kappa shape index (κ3) is 2.30. The van der Waals surface area contributed by atoms with Crippen molar-refractivity contribution in [2.75, 3.05) is 0 Å². The van der Waals surface area contributed by atoms with Gasteiger partial charge in [-0.05, 0) is 11.1 Å². The normalized spacial score (nSPS) is 10.7. The largest absolute Gasteiger partial charge is 0.476 e. The van der Waals surface area contributed by atoms with Crippen molar-refractivity contribution in [3.63, 3.8) is 0 Å². The lowest BCUT2D eigenvalue weighted by molar-refractivity contribution is 0.0691. The lowest BCUT2D eigenvalue weighted by Gasteiger charge is -2.01. The number of imidazole rings is 1. The zero-order valence-electron chi connectivity index (χ0n) is 10.0. The van der Waals surface area contributed by atoms with Gasteiger partial charge in [-0.15, -0.1) is 0 Å². The molecule has 0 aliphatic heterocycles. The summed E-state index contributed by atoms with van der Waals surface area (Å²) >= 11 is 0. The molecule has 2 aromatic heterocycles. The first-order chi connectivity index (χ1) is 9.22. The molecule has 1 N–H and O–H groups in total. The van der Waals surface area contributed by atoms with Crippen LogP contribution < -0.4 is 0 Å². The second-order valence-corrected chi connectivity index (χ2v) is 4.26. The van der Waals surface area contributed by atoms with Gasteiger partial charge in [0.1, 0.15) is 0 Å². The summed E-state index contributed by atoms with van der Waals surface area (Å²) in [5.74, 6) is -0.649. The molecular weight excluding hydrogens is 242 g/mol. The van der Waals surface area contributed by atoms with Crippen LogP contribution in [0.5, 0.6) is 0 Å². The molecule has 1 aromatic carbocycles. The van der Waals surface area contributed by atoms with Crippen LogP contribution in [-0.4, -0.2) is 25.4 Å². The Morgan fingerprint density at radius 1 is 1.16 bits per heavy atom. The summed E-state index contributed by atoms with van der Waals surface area (Å²) in [5.41, 5.74) is 2.19.